The number of halogens is 3. The minimum atomic E-state index is -4.52. The van der Waals surface area contributed by atoms with Gasteiger partial charge >= 0.3 is 12.2 Å². The van der Waals surface area contributed by atoms with Gasteiger partial charge in [0, 0.05) is 19.6 Å². The Morgan fingerprint density at radius 1 is 1.37 bits per heavy atom. The van der Waals surface area contributed by atoms with E-state index in [4.69, 9.17) is 5.73 Å². The Hall–Kier alpha value is -1.76. The summed E-state index contributed by atoms with van der Waals surface area (Å²) in [6.45, 7) is 0.782. The summed E-state index contributed by atoms with van der Waals surface area (Å²) < 4.78 is 39.1. The third-order valence-electron chi connectivity index (χ3n) is 2.97. The summed E-state index contributed by atoms with van der Waals surface area (Å²) in [5.74, 6) is 0. The van der Waals surface area contributed by atoms with Gasteiger partial charge in [0.05, 0.1) is 11.3 Å². The van der Waals surface area contributed by atoms with Gasteiger partial charge in [-0.15, -0.1) is 0 Å². The normalized spacial score (nSPS) is 16.4. The van der Waals surface area contributed by atoms with Crippen LogP contribution in [0, 0.1) is 0 Å². The van der Waals surface area contributed by atoms with Crippen molar-refractivity contribution in [3.05, 3.63) is 29.3 Å². The standard InChI is InChI=1S/C12H14F3N3O/c13-12(14,15)9-6-8(7-16)2-3-10(9)18-5-1-4-17-11(18)19/h2-3,6H,1,4-5,7,16H2,(H,17,19). The van der Waals surface area contributed by atoms with Crippen LogP contribution in [-0.2, 0) is 12.7 Å². The maximum Gasteiger partial charge on any atom is 0.418 e. The van der Waals surface area contributed by atoms with Gasteiger partial charge in [-0.25, -0.2) is 4.79 Å². The molecule has 1 aliphatic rings. The second-order valence-electron chi connectivity index (χ2n) is 4.29. The Balaban J connectivity index is 2.46. The van der Waals surface area contributed by atoms with Crippen LogP contribution >= 0.6 is 0 Å². The number of urea groups is 1. The number of amides is 2. The summed E-state index contributed by atoms with van der Waals surface area (Å²) >= 11 is 0. The summed E-state index contributed by atoms with van der Waals surface area (Å²) in [5.41, 5.74) is 4.79. The number of carbonyl (C=O) groups is 1. The number of anilines is 1. The van der Waals surface area contributed by atoms with Crippen LogP contribution in [0.1, 0.15) is 17.5 Å². The molecule has 3 N–H and O–H groups in total. The molecule has 19 heavy (non-hydrogen) atoms. The molecule has 1 saturated heterocycles. The van der Waals surface area contributed by atoms with E-state index in [-0.39, 0.29) is 18.8 Å². The Kier molecular flexibility index (Phi) is 3.66. The van der Waals surface area contributed by atoms with Gasteiger partial charge in [0.25, 0.3) is 0 Å². The molecule has 0 aliphatic carbocycles. The first-order valence-electron chi connectivity index (χ1n) is 5.89. The first-order chi connectivity index (χ1) is 8.93. The maximum absolute atomic E-state index is 13.0. The van der Waals surface area contributed by atoms with Crippen LogP contribution in [0.3, 0.4) is 0 Å². The van der Waals surface area contributed by atoms with Crippen molar-refractivity contribution in [3.63, 3.8) is 0 Å². The molecule has 0 radical (unpaired) electrons. The lowest BCUT2D eigenvalue weighted by Crippen LogP contribution is -2.47. The smallest absolute Gasteiger partial charge is 0.338 e. The number of hydrogen-bond acceptors (Lipinski definition) is 2. The molecule has 104 valence electrons. The second kappa shape index (κ2) is 5.08. The lowest BCUT2D eigenvalue weighted by atomic mass is 10.1. The van der Waals surface area contributed by atoms with Gasteiger partial charge in [0.1, 0.15) is 0 Å². The van der Waals surface area contributed by atoms with Crippen molar-refractivity contribution >= 4 is 11.7 Å². The predicted molar refractivity (Wildman–Crippen MR) is 64.7 cm³/mol. The van der Waals surface area contributed by atoms with Gasteiger partial charge in [-0.2, -0.15) is 13.2 Å². The largest absolute Gasteiger partial charge is 0.418 e. The van der Waals surface area contributed by atoms with E-state index >= 15 is 0 Å². The number of benzene rings is 1. The molecule has 7 heteroatoms. The number of rotatable bonds is 2. The SMILES string of the molecule is NCc1ccc(N2CCCNC2=O)c(C(F)(F)F)c1. The average molecular weight is 273 g/mol. The minimum absolute atomic E-state index is 0.0234. The van der Waals surface area contributed by atoms with Gasteiger partial charge in [-0.3, -0.25) is 4.90 Å². The van der Waals surface area contributed by atoms with Gasteiger partial charge in [0.2, 0.25) is 0 Å². The van der Waals surface area contributed by atoms with E-state index in [1.54, 1.807) is 0 Å². The maximum atomic E-state index is 13.0. The third-order valence-corrected chi connectivity index (χ3v) is 2.97. The molecule has 0 aromatic heterocycles. The third kappa shape index (κ3) is 2.81. The molecule has 0 spiro atoms. The topological polar surface area (TPSA) is 58.4 Å². The predicted octanol–water partition coefficient (Wildman–Crippen LogP) is 2.08. The monoisotopic (exact) mass is 273 g/mol. The lowest BCUT2D eigenvalue weighted by Gasteiger charge is -2.29. The highest BCUT2D eigenvalue weighted by Crippen LogP contribution is 2.37. The Bertz CT molecular complexity index is 488. The van der Waals surface area contributed by atoms with Gasteiger partial charge in [-0.05, 0) is 24.1 Å². The molecule has 0 atom stereocenters. The summed E-state index contributed by atoms with van der Waals surface area (Å²) in [6.07, 6.45) is -3.90. The first-order valence-corrected chi connectivity index (χ1v) is 5.89. The molecule has 1 heterocycles. The van der Waals surface area contributed by atoms with Crippen LogP contribution in [0.5, 0.6) is 0 Å². The van der Waals surface area contributed by atoms with Gasteiger partial charge in [0.15, 0.2) is 0 Å². The van der Waals surface area contributed by atoms with Crippen LogP contribution in [0.15, 0.2) is 18.2 Å². The van der Waals surface area contributed by atoms with E-state index in [1.807, 2.05) is 0 Å². The average Bonchev–Trinajstić information content (AvgIpc) is 2.38. The fraction of sp³-hybridized carbons (Fsp3) is 0.417. The van der Waals surface area contributed by atoms with Crippen molar-refractivity contribution in [3.8, 4) is 0 Å². The summed E-state index contributed by atoms with van der Waals surface area (Å²) in [5, 5.41) is 2.53. The van der Waals surface area contributed by atoms with Gasteiger partial charge in [-0.1, -0.05) is 6.07 Å². The molecule has 1 aromatic carbocycles. The second-order valence-corrected chi connectivity index (χ2v) is 4.29. The number of nitrogens with two attached hydrogens (primary N) is 1. The first kappa shape index (κ1) is 13.7. The van der Waals surface area contributed by atoms with Crippen molar-refractivity contribution in [2.24, 2.45) is 5.73 Å². The molecular weight excluding hydrogens is 259 g/mol. The highest BCUT2D eigenvalue weighted by Gasteiger charge is 2.36. The summed E-state index contributed by atoms with van der Waals surface area (Å²) in [4.78, 5) is 12.8. The number of carbonyl (C=O) groups excluding carboxylic acids is 1. The molecule has 0 saturated carbocycles. The molecule has 2 rings (SSSR count). The lowest BCUT2D eigenvalue weighted by molar-refractivity contribution is -0.137. The van der Waals surface area contributed by atoms with Gasteiger partial charge < -0.3 is 11.1 Å². The van der Waals surface area contributed by atoms with Crippen molar-refractivity contribution in [1.29, 1.82) is 0 Å². The zero-order valence-corrected chi connectivity index (χ0v) is 10.1. The van der Waals surface area contributed by atoms with E-state index in [9.17, 15) is 18.0 Å². The highest BCUT2D eigenvalue weighted by atomic mass is 19.4. The fourth-order valence-electron chi connectivity index (χ4n) is 2.03. The molecule has 0 unspecified atom stereocenters. The summed E-state index contributed by atoms with van der Waals surface area (Å²) in [6, 6.07) is 3.30. The van der Waals surface area contributed by atoms with E-state index in [0.29, 0.717) is 18.5 Å². The van der Waals surface area contributed by atoms with Crippen LogP contribution in [0.4, 0.5) is 23.7 Å². The zero-order chi connectivity index (χ0) is 14.0. The highest BCUT2D eigenvalue weighted by molar-refractivity contribution is 5.93. The molecular formula is C12H14F3N3O. The van der Waals surface area contributed by atoms with E-state index in [0.717, 1.165) is 11.0 Å². The number of hydrogen-bond donors (Lipinski definition) is 2. The molecule has 1 aliphatic heterocycles. The Morgan fingerprint density at radius 3 is 2.68 bits per heavy atom. The van der Waals surface area contributed by atoms with Crippen LogP contribution in [0.2, 0.25) is 0 Å². The number of nitrogens with zero attached hydrogens (tertiary/aromatic N) is 1. The Morgan fingerprint density at radius 2 is 2.11 bits per heavy atom. The number of alkyl halides is 3. The molecule has 1 fully saturated rings. The van der Waals surface area contributed by atoms with E-state index < -0.39 is 17.8 Å². The van der Waals surface area contributed by atoms with Crippen LogP contribution in [-0.4, -0.2) is 19.1 Å². The molecule has 0 bridgehead atoms. The van der Waals surface area contributed by atoms with Crippen molar-refractivity contribution in [2.45, 2.75) is 19.1 Å². The van der Waals surface area contributed by atoms with E-state index in [2.05, 4.69) is 5.32 Å². The quantitative estimate of drug-likeness (QED) is 0.866. The van der Waals surface area contributed by atoms with Crippen LogP contribution in [0.25, 0.3) is 0 Å². The fourth-order valence-corrected chi connectivity index (χ4v) is 2.03. The van der Waals surface area contributed by atoms with Crippen molar-refractivity contribution < 1.29 is 18.0 Å². The van der Waals surface area contributed by atoms with Crippen molar-refractivity contribution in [1.82, 2.24) is 5.32 Å². The Labute approximate surface area is 108 Å². The summed E-state index contributed by atoms with van der Waals surface area (Å²) in [7, 11) is 0. The molecule has 2 amide bonds. The zero-order valence-electron chi connectivity index (χ0n) is 10.1. The molecule has 1 aromatic rings. The number of nitrogens with one attached hydrogen (secondary N) is 1. The minimum Gasteiger partial charge on any atom is -0.338 e. The van der Waals surface area contributed by atoms with E-state index in [1.165, 1.54) is 12.1 Å². The van der Waals surface area contributed by atoms with Crippen LogP contribution < -0.4 is 16.0 Å². The van der Waals surface area contributed by atoms with Crippen molar-refractivity contribution in [2.75, 3.05) is 18.0 Å². The molecule has 4 nitrogen and oxygen atoms in total.